The molecule has 0 aliphatic rings. The van der Waals surface area contributed by atoms with Gasteiger partial charge in [-0.1, -0.05) is 0 Å². The SMILES string of the molecule is Cc1ccn(CC(F)(F)F)n1. The molecular formula is C6H7F3N2. The molecule has 62 valence electrons. The van der Waals surface area contributed by atoms with Gasteiger partial charge in [-0.3, -0.25) is 4.68 Å². The quantitative estimate of drug-likeness (QED) is 0.618. The summed E-state index contributed by atoms with van der Waals surface area (Å²) >= 11 is 0. The molecule has 0 saturated carbocycles. The minimum absolute atomic E-state index is 0.592. The molecule has 0 amide bonds. The Hall–Kier alpha value is -1.00. The third kappa shape index (κ3) is 2.61. The minimum Gasteiger partial charge on any atom is -0.263 e. The second-order valence-electron chi connectivity index (χ2n) is 2.27. The van der Waals surface area contributed by atoms with E-state index in [2.05, 4.69) is 5.10 Å². The molecule has 0 aliphatic heterocycles. The van der Waals surface area contributed by atoms with Gasteiger partial charge in [-0.25, -0.2) is 0 Å². The summed E-state index contributed by atoms with van der Waals surface area (Å²) in [5.74, 6) is 0. The first-order valence-electron chi connectivity index (χ1n) is 3.04. The number of alkyl halides is 3. The second kappa shape index (κ2) is 2.56. The van der Waals surface area contributed by atoms with Crippen LogP contribution in [-0.2, 0) is 6.54 Å². The van der Waals surface area contributed by atoms with E-state index >= 15 is 0 Å². The number of halogens is 3. The van der Waals surface area contributed by atoms with E-state index in [1.54, 1.807) is 6.92 Å². The molecule has 0 fully saturated rings. The lowest BCUT2D eigenvalue weighted by atomic mass is 10.5. The minimum atomic E-state index is -4.18. The fourth-order valence-electron chi connectivity index (χ4n) is 0.735. The molecule has 0 aromatic carbocycles. The topological polar surface area (TPSA) is 17.8 Å². The Morgan fingerprint density at radius 1 is 1.55 bits per heavy atom. The number of hydrogen-bond acceptors (Lipinski definition) is 1. The summed E-state index contributed by atoms with van der Waals surface area (Å²) < 4.78 is 35.9. The zero-order chi connectivity index (χ0) is 8.48. The van der Waals surface area contributed by atoms with E-state index in [1.807, 2.05) is 0 Å². The molecule has 0 saturated heterocycles. The van der Waals surface area contributed by atoms with Crippen molar-refractivity contribution in [2.75, 3.05) is 0 Å². The van der Waals surface area contributed by atoms with Gasteiger partial charge in [0.15, 0.2) is 0 Å². The maximum atomic E-state index is 11.7. The lowest BCUT2D eigenvalue weighted by Gasteiger charge is -2.04. The van der Waals surface area contributed by atoms with Gasteiger partial charge < -0.3 is 0 Å². The molecule has 1 heterocycles. The van der Waals surface area contributed by atoms with Gasteiger partial charge in [-0.2, -0.15) is 18.3 Å². The van der Waals surface area contributed by atoms with Gasteiger partial charge in [-0.15, -0.1) is 0 Å². The zero-order valence-electron chi connectivity index (χ0n) is 5.89. The highest BCUT2D eigenvalue weighted by Crippen LogP contribution is 2.16. The van der Waals surface area contributed by atoms with Crippen molar-refractivity contribution in [3.8, 4) is 0 Å². The maximum absolute atomic E-state index is 11.7. The van der Waals surface area contributed by atoms with Crippen molar-refractivity contribution in [2.24, 2.45) is 0 Å². The van der Waals surface area contributed by atoms with Crippen LogP contribution in [0.15, 0.2) is 12.3 Å². The number of hydrogen-bond donors (Lipinski definition) is 0. The fraction of sp³-hybridized carbons (Fsp3) is 0.500. The van der Waals surface area contributed by atoms with Crippen LogP contribution >= 0.6 is 0 Å². The molecule has 1 aromatic rings. The van der Waals surface area contributed by atoms with Crippen LogP contribution in [-0.4, -0.2) is 16.0 Å². The van der Waals surface area contributed by atoms with Crippen LogP contribution in [0.5, 0.6) is 0 Å². The van der Waals surface area contributed by atoms with Crippen LogP contribution in [0.2, 0.25) is 0 Å². The monoisotopic (exact) mass is 164 g/mol. The molecule has 5 heteroatoms. The normalized spacial score (nSPS) is 12.0. The van der Waals surface area contributed by atoms with E-state index in [0.717, 1.165) is 4.68 Å². The summed E-state index contributed by atoms with van der Waals surface area (Å²) in [4.78, 5) is 0. The largest absolute Gasteiger partial charge is 0.408 e. The van der Waals surface area contributed by atoms with Gasteiger partial charge in [-0.05, 0) is 13.0 Å². The van der Waals surface area contributed by atoms with Crippen molar-refractivity contribution >= 4 is 0 Å². The summed E-state index contributed by atoms with van der Waals surface area (Å²) in [6.45, 7) is 0.633. The van der Waals surface area contributed by atoms with E-state index in [9.17, 15) is 13.2 Å². The summed E-state index contributed by atoms with van der Waals surface area (Å²) in [6.07, 6.45) is -2.87. The Bertz CT molecular complexity index is 238. The number of nitrogens with zero attached hydrogens (tertiary/aromatic N) is 2. The van der Waals surface area contributed by atoms with Gasteiger partial charge in [0.25, 0.3) is 0 Å². The maximum Gasteiger partial charge on any atom is 0.408 e. The highest BCUT2D eigenvalue weighted by Gasteiger charge is 2.28. The zero-order valence-corrected chi connectivity index (χ0v) is 5.89. The van der Waals surface area contributed by atoms with Crippen molar-refractivity contribution in [1.82, 2.24) is 9.78 Å². The van der Waals surface area contributed by atoms with Crippen LogP contribution in [0.3, 0.4) is 0 Å². The molecule has 0 aliphatic carbocycles. The van der Waals surface area contributed by atoms with E-state index in [1.165, 1.54) is 12.3 Å². The van der Waals surface area contributed by atoms with Gasteiger partial charge in [0.05, 0.1) is 5.69 Å². The smallest absolute Gasteiger partial charge is 0.263 e. The molecule has 1 rings (SSSR count). The predicted octanol–water partition coefficient (Wildman–Crippen LogP) is 1.75. The lowest BCUT2D eigenvalue weighted by Crippen LogP contribution is -2.17. The molecule has 0 N–H and O–H groups in total. The summed E-state index contributed by atoms with van der Waals surface area (Å²) in [7, 11) is 0. The second-order valence-corrected chi connectivity index (χ2v) is 2.27. The summed E-state index contributed by atoms with van der Waals surface area (Å²) in [5.41, 5.74) is 0.592. The third-order valence-electron chi connectivity index (χ3n) is 1.12. The van der Waals surface area contributed by atoms with Gasteiger partial charge in [0.1, 0.15) is 6.54 Å². The summed E-state index contributed by atoms with van der Waals surface area (Å²) in [6, 6.07) is 1.53. The number of rotatable bonds is 1. The van der Waals surface area contributed by atoms with Crippen LogP contribution in [0.4, 0.5) is 13.2 Å². The van der Waals surface area contributed by atoms with Crippen LogP contribution in [0.25, 0.3) is 0 Å². The van der Waals surface area contributed by atoms with Crippen molar-refractivity contribution in [1.29, 1.82) is 0 Å². The molecule has 0 radical (unpaired) electrons. The van der Waals surface area contributed by atoms with Crippen LogP contribution in [0.1, 0.15) is 5.69 Å². The Labute approximate surface area is 61.6 Å². The molecule has 0 bridgehead atoms. The predicted molar refractivity (Wildman–Crippen MR) is 33.0 cm³/mol. The van der Waals surface area contributed by atoms with Crippen molar-refractivity contribution in [3.63, 3.8) is 0 Å². The first-order chi connectivity index (χ1) is 4.97. The lowest BCUT2D eigenvalue weighted by molar-refractivity contribution is -0.142. The molecule has 11 heavy (non-hydrogen) atoms. The molecule has 2 nitrogen and oxygen atoms in total. The highest BCUT2D eigenvalue weighted by atomic mass is 19.4. The van der Waals surface area contributed by atoms with E-state index in [-0.39, 0.29) is 0 Å². The van der Waals surface area contributed by atoms with Gasteiger partial charge >= 0.3 is 6.18 Å². The summed E-state index contributed by atoms with van der Waals surface area (Å²) in [5, 5.41) is 3.59. The van der Waals surface area contributed by atoms with Gasteiger partial charge in [0, 0.05) is 6.20 Å². The van der Waals surface area contributed by atoms with Crippen molar-refractivity contribution in [2.45, 2.75) is 19.6 Å². The standard InChI is InChI=1S/C6H7F3N2/c1-5-2-3-11(10-5)4-6(7,8)9/h2-3H,4H2,1H3. The molecule has 0 spiro atoms. The number of aromatic nitrogens is 2. The average Bonchev–Trinajstić information content (AvgIpc) is 2.10. The first kappa shape index (κ1) is 8.10. The fourth-order valence-corrected chi connectivity index (χ4v) is 0.735. The van der Waals surface area contributed by atoms with Crippen LogP contribution in [0, 0.1) is 6.92 Å². The van der Waals surface area contributed by atoms with Crippen molar-refractivity contribution < 1.29 is 13.2 Å². The Morgan fingerprint density at radius 3 is 2.55 bits per heavy atom. The molecule has 1 aromatic heterocycles. The van der Waals surface area contributed by atoms with E-state index in [0.29, 0.717) is 5.69 Å². The Balaban J connectivity index is 2.65. The van der Waals surface area contributed by atoms with Gasteiger partial charge in [0.2, 0.25) is 0 Å². The van der Waals surface area contributed by atoms with Crippen LogP contribution < -0.4 is 0 Å². The highest BCUT2D eigenvalue weighted by molar-refractivity contribution is 4.94. The first-order valence-corrected chi connectivity index (χ1v) is 3.04. The molecule has 0 atom stereocenters. The van der Waals surface area contributed by atoms with E-state index in [4.69, 9.17) is 0 Å². The average molecular weight is 164 g/mol. The molecular weight excluding hydrogens is 157 g/mol. The Morgan fingerprint density at radius 2 is 2.18 bits per heavy atom. The molecule has 0 unspecified atom stereocenters. The van der Waals surface area contributed by atoms with Crippen molar-refractivity contribution in [3.05, 3.63) is 18.0 Å². The van der Waals surface area contributed by atoms with E-state index < -0.39 is 12.7 Å². The third-order valence-corrected chi connectivity index (χ3v) is 1.12. The Kier molecular flexibility index (Phi) is 1.89. The number of aryl methyl sites for hydroxylation is 1.